The third-order valence-electron chi connectivity index (χ3n) is 10.2. The van der Waals surface area contributed by atoms with E-state index < -0.39 is 40.6 Å². The molecular weight excluding hydrogens is 735 g/mol. The van der Waals surface area contributed by atoms with E-state index in [1.54, 1.807) is 37.0 Å². The maximum absolute atomic E-state index is 16.6. The Morgan fingerprint density at radius 3 is 2.44 bits per heavy atom. The molecule has 7 rings (SSSR count). The molecule has 0 spiro atoms. The van der Waals surface area contributed by atoms with Gasteiger partial charge in [-0.3, -0.25) is 4.90 Å². The minimum Gasteiger partial charge on any atom is -0.467 e. The van der Waals surface area contributed by atoms with Crippen LogP contribution in [0.5, 0.6) is 6.01 Å². The normalized spacial score (nSPS) is 20.9. The quantitative estimate of drug-likeness (QED) is 0.207. The summed E-state index contributed by atoms with van der Waals surface area (Å²) in [5.41, 5.74) is 2.52. The second-order valence-electron chi connectivity index (χ2n) is 13.5. The number of rotatable bonds is 4. The Morgan fingerprint density at radius 1 is 1.13 bits per heavy atom. The summed E-state index contributed by atoms with van der Waals surface area (Å²) >= 11 is 0.685. The van der Waals surface area contributed by atoms with Crippen LogP contribution < -0.4 is 15.4 Å². The zero-order valence-electron chi connectivity index (χ0n) is 31.2. The maximum atomic E-state index is 16.6. The first-order valence-electron chi connectivity index (χ1n) is 17.7. The van der Waals surface area contributed by atoms with E-state index in [9.17, 15) is 32.0 Å². The van der Waals surface area contributed by atoms with Gasteiger partial charge in [0.1, 0.15) is 34.4 Å². The molecule has 0 aliphatic carbocycles. The fourth-order valence-electron chi connectivity index (χ4n) is 7.70. The van der Waals surface area contributed by atoms with Crippen molar-refractivity contribution in [3.63, 3.8) is 0 Å². The number of nitrogen functional groups attached to an aromatic ring is 1. The molecule has 3 saturated heterocycles. The highest BCUT2D eigenvalue weighted by Gasteiger charge is 2.41. The fourth-order valence-corrected chi connectivity index (χ4v) is 8.65. The van der Waals surface area contributed by atoms with Crippen molar-refractivity contribution >= 4 is 49.2 Å². The van der Waals surface area contributed by atoms with Gasteiger partial charge in [0.25, 0.3) is 0 Å². The third kappa shape index (κ3) is 7.42. The van der Waals surface area contributed by atoms with Gasteiger partial charge in [-0.2, -0.15) is 28.4 Å². The smallest absolute Gasteiger partial charge is 0.417 e. The number of carbonyl (C=O) groups excluding carboxylic acids is 1. The van der Waals surface area contributed by atoms with Crippen molar-refractivity contribution in [2.24, 2.45) is 0 Å². The van der Waals surface area contributed by atoms with E-state index in [4.69, 9.17) is 10.5 Å². The molecule has 3 aliphatic rings. The molecule has 17 heteroatoms. The second-order valence-corrected chi connectivity index (χ2v) is 14.5. The minimum atomic E-state index is -5.08. The number of anilines is 2. The van der Waals surface area contributed by atoms with Gasteiger partial charge in [0.05, 0.1) is 35.0 Å². The number of ether oxygens (including phenoxy) is 1. The number of amides is 2. The highest BCUT2D eigenvalue weighted by Crippen LogP contribution is 2.48. The number of hydrogen-bond acceptors (Lipinski definition) is 9. The Hall–Kier alpha value is -4.56. The molecule has 2 N–H and O–H groups in total. The molecule has 3 fully saturated rings. The van der Waals surface area contributed by atoms with Crippen LogP contribution in [0.2, 0.25) is 0 Å². The fraction of sp³-hybridized carbons (Fsp3) is 0.514. The first kappa shape index (κ1) is 40.6. The van der Waals surface area contributed by atoms with Crippen LogP contribution in [0.4, 0.5) is 42.0 Å². The summed E-state index contributed by atoms with van der Waals surface area (Å²) < 4.78 is 93.0. The first-order valence-corrected chi connectivity index (χ1v) is 18.5. The molecule has 2 aromatic carbocycles. The summed E-state index contributed by atoms with van der Waals surface area (Å²) in [5.74, 6) is -2.20. The average molecular weight is 779 g/mol. The van der Waals surface area contributed by atoms with Crippen molar-refractivity contribution in [3.05, 3.63) is 41.0 Å². The molecule has 2 aromatic heterocycles. The molecule has 4 atom stereocenters. The van der Waals surface area contributed by atoms with E-state index in [-0.39, 0.29) is 61.5 Å². The van der Waals surface area contributed by atoms with E-state index in [1.165, 1.54) is 24.9 Å². The molecule has 4 aromatic rings. The zero-order chi connectivity index (χ0) is 39.8. The zero-order valence-corrected chi connectivity index (χ0v) is 32.0. The van der Waals surface area contributed by atoms with Crippen LogP contribution in [0, 0.1) is 23.0 Å². The summed E-state index contributed by atoms with van der Waals surface area (Å²) in [6, 6.07) is 3.79. The Morgan fingerprint density at radius 2 is 1.83 bits per heavy atom. The van der Waals surface area contributed by atoms with Crippen LogP contribution in [0.1, 0.15) is 57.6 Å². The number of alkyl halides is 4. The largest absolute Gasteiger partial charge is 0.467 e. The van der Waals surface area contributed by atoms with E-state index in [2.05, 4.69) is 14.9 Å². The molecule has 5 heterocycles. The van der Waals surface area contributed by atoms with Crippen LogP contribution >= 0.6 is 11.3 Å². The Kier molecular flexibility index (Phi) is 12.1. The summed E-state index contributed by atoms with van der Waals surface area (Å²) in [4.78, 5) is 28.0. The highest BCUT2D eigenvalue weighted by atomic mass is 32.1. The number of hydrogen-bond donors (Lipinski definition) is 1. The summed E-state index contributed by atoms with van der Waals surface area (Å²) in [6.45, 7) is 8.07. The van der Waals surface area contributed by atoms with Crippen LogP contribution in [0.25, 0.3) is 32.1 Å². The molecule has 0 saturated carbocycles. The van der Waals surface area contributed by atoms with Gasteiger partial charge in [0, 0.05) is 56.6 Å². The highest BCUT2D eigenvalue weighted by molar-refractivity contribution is 7.23. The van der Waals surface area contributed by atoms with Crippen molar-refractivity contribution in [1.82, 2.24) is 24.7 Å². The number of methoxy groups -OCH3 is 1. The number of nitrogens with two attached hydrogens (primary N) is 1. The Balaban J connectivity index is 0.000000436. The molecule has 3 aliphatic heterocycles. The molecule has 0 radical (unpaired) electrons. The first-order chi connectivity index (χ1) is 25.6. The van der Waals surface area contributed by atoms with Gasteiger partial charge < -0.3 is 25.2 Å². The van der Waals surface area contributed by atoms with Crippen LogP contribution in [-0.2, 0) is 6.18 Å². The predicted octanol–water partition coefficient (Wildman–Crippen LogP) is 8.07. The average Bonchev–Trinajstić information content (AvgIpc) is 3.91. The SMILES string of the molecule is CC.COc1nc(N(C)C2CCN(C(=O)N(C)C)C2C)c2cc(C(F)(F)F)c(-c3ccc(F)c4sc(N)c(C#N)c34)c(F)c2n1.FC1CC2CCCN2C1. The topological polar surface area (TPSA) is 115 Å². The van der Waals surface area contributed by atoms with Gasteiger partial charge in [-0.15, -0.1) is 11.3 Å². The number of nitriles is 1. The molecule has 54 heavy (non-hydrogen) atoms. The number of thiophene rings is 1. The summed E-state index contributed by atoms with van der Waals surface area (Å²) in [7, 11) is 6.07. The van der Waals surface area contributed by atoms with Crippen molar-refractivity contribution in [3.8, 4) is 23.2 Å². The Bertz CT molecular complexity index is 2060. The lowest BCUT2D eigenvalue weighted by atomic mass is 9.92. The van der Waals surface area contributed by atoms with Gasteiger partial charge in [-0.1, -0.05) is 19.9 Å². The summed E-state index contributed by atoms with van der Waals surface area (Å²) in [6.07, 6.45) is -1.79. The second kappa shape index (κ2) is 16.0. The monoisotopic (exact) mass is 778 g/mol. The van der Waals surface area contributed by atoms with Gasteiger partial charge >= 0.3 is 18.2 Å². The molecule has 10 nitrogen and oxygen atoms in total. The number of aromatic nitrogens is 2. The number of likely N-dealkylation sites (N-methyl/N-ethyl adjacent to an activating group) is 1. The lowest BCUT2D eigenvalue weighted by Crippen LogP contribution is -2.47. The number of urea groups is 1. The van der Waals surface area contributed by atoms with E-state index in [1.807, 2.05) is 20.8 Å². The van der Waals surface area contributed by atoms with E-state index in [0.29, 0.717) is 36.9 Å². The van der Waals surface area contributed by atoms with Gasteiger partial charge in [0.2, 0.25) is 0 Å². The minimum absolute atomic E-state index is 0.0319. The van der Waals surface area contributed by atoms with Gasteiger partial charge in [-0.05, 0) is 56.8 Å². The van der Waals surface area contributed by atoms with Crippen LogP contribution in [0.3, 0.4) is 0 Å². The lowest BCUT2D eigenvalue weighted by Gasteiger charge is -2.33. The van der Waals surface area contributed by atoms with Crippen molar-refractivity contribution in [2.75, 3.05) is 58.5 Å². The van der Waals surface area contributed by atoms with Crippen molar-refractivity contribution in [1.29, 1.82) is 5.26 Å². The Labute approximate surface area is 314 Å². The standard InChI is InChI=1S/C28H26F5N7O2S.C7H12FN.C2H6/c1-12-18(8-9-40(12)27(41)38(2)3)39(4)25-14-10-16(28(31,32)33)20(21(30)22(14)36-26(37-25)42-5)13-6-7-17(29)23-19(13)15(11-34)24(35)43-23;8-6-4-7-2-1-3-9(7)5-6;1-2/h6-7,10,12,18H,8-9,35H2,1-5H3;6-7H,1-5H2;1-2H3. The van der Waals surface area contributed by atoms with Crippen LogP contribution in [-0.4, -0.2) is 103 Å². The number of halogens is 6. The number of carbonyl (C=O) groups is 1. The number of benzene rings is 2. The number of fused-ring (bicyclic) bond motifs is 3. The third-order valence-corrected chi connectivity index (χ3v) is 11.2. The molecule has 292 valence electrons. The summed E-state index contributed by atoms with van der Waals surface area (Å²) in [5, 5.41) is 9.10. The molecule has 0 bridgehead atoms. The van der Waals surface area contributed by atoms with E-state index >= 15 is 4.39 Å². The van der Waals surface area contributed by atoms with Crippen molar-refractivity contribution in [2.45, 2.75) is 76.9 Å². The predicted molar refractivity (Wildman–Crippen MR) is 198 cm³/mol. The van der Waals surface area contributed by atoms with Crippen LogP contribution in [0.15, 0.2) is 18.2 Å². The van der Waals surface area contributed by atoms with Gasteiger partial charge in [0.15, 0.2) is 5.82 Å². The molecular formula is C37H44F6N8O2S. The van der Waals surface area contributed by atoms with Gasteiger partial charge in [-0.25, -0.2) is 18.0 Å². The van der Waals surface area contributed by atoms with E-state index in [0.717, 1.165) is 31.2 Å². The maximum Gasteiger partial charge on any atom is 0.417 e. The number of likely N-dealkylation sites (tertiary alicyclic amines) is 1. The van der Waals surface area contributed by atoms with Crippen molar-refractivity contribution < 1.29 is 35.9 Å². The molecule has 4 unspecified atom stereocenters. The molecule has 2 amide bonds. The number of nitrogens with zero attached hydrogens (tertiary/aromatic N) is 7. The lowest BCUT2D eigenvalue weighted by molar-refractivity contribution is -0.137.